The summed E-state index contributed by atoms with van der Waals surface area (Å²) in [5, 5.41) is 12.9. The van der Waals surface area contributed by atoms with Gasteiger partial charge in [0.2, 0.25) is 0 Å². The predicted octanol–water partition coefficient (Wildman–Crippen LogP) is 5.17. The Bertz CT molecular complexity index is 825. The molecule has 0 saturated heterocycles. The van der Waals surface area contributed by atoms with E-state index in [1.165, 1.54) is 18.2 Å². The number of nitro benzene ring substituents is 1. The summed E-state index contributed by atoms with van der Waals surface area (Å²) in [7, 11) is 0. The van der Waals surface area contributed by atoms with Gasteiger partial charge < -0.3 is 5.32 Å². The Morgan fingerprint density at radius 2 is 1.83 bits per heavy atom. The molecule has 0 saturated carbocycles. The summed E-state index contributed by atoms with van der Waals surface area (Å²) < 4.78 is 38.7. The standard InChI is InChI=1S/C14H7Cl2F3N2O3/c15-10-3-1-2-8(12(10)16)13(22)20-7-4-5-11(21(23)24)9(6-7)14(17,18)19/h1-6H,(H,20,22). The second-order valence-corrected chi connectivity index (χ2v) is 5.33. The van der Waals surface area contributed by atoms with Crippen LogP contribution in [0.2, 0.25) is 10.0 Å². The van der Waals surface area contributed by atoms with Crippen LogP contribution in [0, 0.1) is 10.1 Å². The largest absolute Gasteiger partial charge is 0.423 e. The fourth-order valence-electron chi connectivity index (χ4n) is 1.88. The lowest BCUT2D eigenvalue weighted by atomic mass is 10.1. The van der Waals surface area contributed by atoms with Gasteiger partial charge in [-0.3, -0.25) is 14.9 Å². The summed E-state index contributed by atoms with van der Waals surface area (Å²) in [5.41, 5.74) is -2.89. The zero-order chi connectivity index (χ0) is 18.1. The average Bonchev–Trinajstić information content (AvgIpc) is 2.48. The highest BCUT2D eigenvalue weighted by Gasteiger charge is 2.38. The molecule has 1 N–H and O–H groups in total. The smallest absolute Gasteiger partial charge is 0.322 e. The molecule has 0 aliphatic heterocycles. The first-order valence-corrected chi connectivity index (χ1v) is 6.98. The normalized spacial score (nSPS) is 11.2. The van der Waals surface area contributed by atoms with E-state index in [1.54, 1.807) is 0 Å². The lowest BCUT2D eigenvalue weighted by Crippen LogP contribution is -2.14. The van der Waals surface area contributed by atoms with Crippen LogP contribution in [-0.4, -0.2) is 10.8 Å². The van der Waals surface area contributed by atoms with Gasteiger partial charge in [-0.25, -0.2) is 0 Å². The van der Waals surface area contributed by atoms with Gasteiger partial charge in [0.25, 0.3) is 11.6 Å². The van der Waals surface area contributed by atoms with Crippen molar-refractivity contribution in [3.8, 4) is 0 Å². The van der Waals surface area contributed by atoms with E-state index in [0.717, 1.165) is 6.07 Å². The molecule has 0 aliphatic carbocycles. The first-order chi connectivity index (χ1) is 11.1. The maximum atomic E-state index is 12.9. The molecule has 0 aromatic heterocycles. The van der Waals surface area contributed by atoms with Crippen molar-refractivity contribution in [1.29, 1.82) is 0 Å². The minimum absolute atomic E-state index is 0.0453. The van der Waals surface area contributed by atoms with Gasteiger partial charge in [-0.15, -0.1) is 0 Å². The zero-order valence-electron chi connectivity index (χ0n) is 11.5. The van der Waals surface area contributed by atoms with Crippen molar-refractivity contribution in [2.45, 2.75) is 6.18 Å². The summed E-state index contributed by atoms with van der Waals surface area (Å²) in [6.07, 6.45) is -4.95. The number of nitrogens with zero attached hydrogens (tertiary/aromatic N) is 1. The second kappa shape index (κ2) is 6.66. The summed E-state index contributed by atoms with van der Waals surface area (Å²) in [6.45, 7) is 0. The van der Waals surface area contributed by atoms with Gasteiger partial charge in [-0.2, -0.15) is 13.2 Å². The molecule has 2 aromatic rings. The van der Waals surface area contributed by atoms with Gasteiger partial charge in [0, 0.05) is 11.8 Å². The number of carbonyl (C=O) groups is 1. The molecule has 2 aromatic carbocycles. The van der Waals surface area contributed by atoms with Crippen molar-refractivity contribution in [3.05, 3.63) is 67.7 Å². The van der Waals surface area contributed by atoms with Gasteiger partial charge >= 0.3 is 6.18 Å². The monoisotopic (exact) mass is 378 g/mol. The van der Waals surface area contributed by atoms with Crippen molar-refractivity contribution in [2.24, 2.45) is 0 Å². The Morgan fingerprint density at radius 1 is 1.17 bits per heavy atom. The van der Waals surface area contributed by atoms with Gasteiger partial charge in [0.1, 0.15) is 5.56 Å². The molecule has 0 spiro atoms. The third-order valence-corrected chi connectivity index (χ3v) is 3.77. The highest BCUT2D eigenvalue weighted by Crippen LogP contribution is 2.37. The van der Waals surface area contributed by atoms with E-state index in [1.807, 2.05) is 0 Å². The van der Waals surface area contributed by atoms with E-state index in [0.29, 0.717) is 12.1 Å². The molecule has 1 amide bonds. The molecule has 0 fully saturated rings. The van der Waals surface area contributed by atoms with Crippen LogP contribution < -0.4 is 5.32 Å². The van der Waals surface area contributed by atoms with Crippen LogP contribution in [0.15, 0.2) is 36.4 Å². The number of benzene rings is 2. The molecule has 24 heavy (non-hydrogen) atoms. The number of alkyl halides is 3. The first-order valence-electron chi connectivity index (χ1n) is 6.22. The number of nitro groups is 1. The fraction of sp³-hybridized carbons (Fsp3) is 0.0714. The minimum Gasteiger partial charge on any atom is -0.322 e. The van der Waals surface area contributed by atoms with Crippen LogP contribution in [0.25, 0.3) is 0 Å². The third kappa shape index (κ3) is 3.77. The Labute approximate surface area is 143 Å². The van der Waals surface area contributed by atoms with Crippen molar-refractivity contribution in [1.82, 2.24) is 0 Å². The van der Waals surface area contributed by atoms with Crippen LogP contribution in [-0.2, 0) is 6.18 Å². The molecule has 2 rings (SSSR count). The molecular formula is C14H7Cl2F3N2O3. The molecule has 0 unspecified atom stereocenters. The molecule has 0 atom stereocenters. The second-order valence-electron chi connectivity index (χ2n) is 4.54. The Kier molecular flexibility index (Phi) is 5.00. The van der Waals surface area contributed by atoms with Crippen LogP contribution in [0.3, 0.4) is 0 Å². The number of carbonyl (C=O) groups excluding carboxylic acids is 1. The highest BCUT2D eigenvalue weighted by molar-refractivity contribution is 6.44. The number of nitrogens with one attached hydrogen (secondary N) is 1. The quantitative estimate of drug-likeness (QED) is 0.591. The van der Waals surface area contributed by atoms with Crippen LogP contribution in [0.5, 0.6) is 0 Å². The van der Waals surface area contributed by atoms with E-state index < -0.39 is 28.3 Å². The SMILES string of the molecule is O=C(Nc1ccc([N+](=O)[O-])c(C(F)(F)F)c1)c1cccc(Cl)c1Cl. The highest BCUT2D eigenvalue weighted by atomic mass is 35.5. The lowest BCUT2D eigenvalue weighted by Gasteiger charge is -2.11. The van der Waals surface area contributed by atoms with Crippen LogP contribution in [0.4, 0.5) is 24.5 Å². The molecule has 0 aliphatic rings. The number of rotatable bonds is 3. The van der Waals surface area contributed by atoms with E-state index in [4.69, 9.17) is 23.2 Å². The molecule has 5 nitrogen and oxygen atoms in total. The van der Waals surface area contributed by atoms with Gasteiger partial charge in [0.15, 0.2) is 0 Å². The molecule has 126 valence electrons. The maximum Gasteiger partial charge on any atom is 0.423 e. The summed E-state index contributed by atoms with van der Waals surface area (Å²) in [6, 6.07) is 6.35. The van der Waals surface area contributed by atoms with Crippen molar-refractivity contribution in [2.75, 3.05) is 5.32 Å². The Hall–Kier alpha value is -2.32. The number of halogens is 5. The minimum atomic E-state index is -4.95. The zero-order valence-corrected chi connectivity index (χ0v) is 13.0. The van der Waals surface area contributed by atoms with Gasteiger partial charge in [0.05, 0.1) is 20.5 Å². The number of amides is 1. The predicted molar refractivity (Wildman–Crippen MR) is 82.5 cm³/mol. The van der Waals surface area contributed by atoms with Crippen LogP contribution >= 0.6 is 23.2 Å². The molecule has 0 bridgehead atoms. The van der Waals surface area contributed by atoms with Gasteiger partial charge in [-0.05, 0) is 24.3 Å². The summed E-state index contributed by atoms with van der Waals surface area (Å²) in [5.74, 6) is -0.801. The number of hydrogen-bond acceptors (Lipinski definition) is 3. The van der Waals surface area contributed by atoms with Crippen molar-refractivity contribution in [3.63, 3.8) is 0 Å². The number of hydrogen-bond donors (Lipinski definition) is 1. The molecular weight excluding hydrogens is 372 g/mol. The molecule has 0 heterocycles. The number of anilines is 1. The van der Waals surface area contributed by atoms with Gasteiger partial charge in [-0.1, -0.05) is 29.3 Å². The Morgan fingerprint density at radius 3 is 2.42 bits per heavy atom. The van der Waals surface area contributed by atoms with Crippen molar-refractivity contribution < 1.29 is 22.9 Å². The summed E-state index contributed by atoms with van der Waals surface area (Å²) in [4.78, 5) is 21.6. The fourth-order valence-corrected chi connectivity index (χ4v) is 2.26. The van der Waals surface area contributed by atoms with Crippen LogP contribution in [0.1, 0.15) is 15.9 Å². The molecule has 0 radical (unpaired) electrons. The van der Waals surface area contributed by atoms with E-state index in [-0.39, 0.29) is 21.3 Å². The van der Waals surface area contributed by atoms with Crippen molar-refractivity contribution >= 4 is 40.5 Å². The lowest BCUT2D eigenvalue weighted by molar-refractivity contribution is -0.388. The maximum absolute atomic E-state index is 12.9. The average molecular weight is 379 g/mol. The Balaban J connectivity index is 2.38. The van der Waals surface area contributed by atoms with E-state index in [2.05, 4.69) is 5.32 Å². The third-order valence-electron chi connectivity index (χ3n) is 2.95. The molecule has 10 heteroatoms. The van der Waals surface area contributed by atoms with E-state index >= 15 is 0 Å². The summed E-state index contributed by atoms with van der Waals surface area (Å²) >= 11 is 11.6. The van der Waals surface area contributed by atoms with E-state index in [9.17, 15) is 28.1 Å². The first kappa shape index (κ1) is 18.0. The topological polar surface area (TPSA) is 72.2 Å².